The molecule has 0 saturated heterocycles. The molecule has 17 heavy (non-hydrogen) atoms. The quantitative estimate of drug-likeness (QED) is 0.636. The third kappa shape index (κ3) is 2.49. The number of carbonyl (C=O) groups excluding carboxylic acids is 1. The van der Waals surface area contributed by atoms with E-state index < -0.39 is 0 Å². The van der Waals surface area contributed by atoms with Crippen molar-refractivity contribution in [2.24, 2.45) is 0 Å². The van der Waals surface area contributed by atoms with Crippen molar-refractivity contribution in [3.8, 4) is 5.69 Å². The van der Waals surface area contributed by atoms with Gasteiger partial charge in [0.25, 0.3) is 0 Å². The molecule has 1 aromatic heterocycles. The molecule has 0 aliphatic carbocycles. The van der Waals surface area contributed by atoms with Crippen LogP contribution in [0.15, 0.2) is 36.5 Å². The van der Waals surface area contributed by atoms with Crippen LogP contribution in [0.4, 0.5) is 0 Å². The summed E-state index contributed by atoms with van der Waals surface area (Å²) in [6, 6.07) is 9.66. The van der Waals surface area contributed by atoms with Crippen molar-refractivity contribution in [3.63, 3.8) is 0 Å². The van der Waals surface area contributed by atoms with E-state index in [0.29, 0.717) is 12.2 Å². The monoisotopic (exact) mass is 342 g/mol. The lowest BCUT2D eigenvalue weighted by atomic mass is 10.3. The highest BCUT2D eigenvalue weighted by molar-refractivity contribution is 14.1. The van der Waals surface area contributed by atoms with Crippen molar-refractivity contribution in [1.82, 2.24) is 9.78 Å². The summed E-state index contributed by atoms with van der Waals surface area (Å²) < 4.78 is 7.43. The fourth-order valence-corrected chi connectivity index (χ4v) is 2.19. The summed E-state index contributed by atoms with van der Waals surface area (Å²) in [6.07, 6.45) is 1.53. The largest absolute Gasteiger partial charge is 0.462 e. The van der Waals surface area contributed by atoms with E-state index in [0.717, 1.165) is 9.39 Å². The Hall–Kier alpha value is -1.37. The number of ether oxygens (including phenoxy) is 1. The van der Waals surface area contributed by atoms with Crippen LogP contribution in [0.3, 0.4) is 0 Å². The summed E-state index contributed by atoms with van der Waals surface area (Å²) in [7, 11) is 0. The van der Waals surface area contributed by atoms with Crippen LogP contribution < -0.4 is 0 Å². The van der Waals surface area contributed by atoms with E-state index in [1.54, 1.807) is 11.6 Å². The molecule has 5 heteroatoms. The molecule has 0 aliphatic rings. The van der Waals surface area contributed by atoms with E-state index in [2.05, 4.69) is 27.7 Å². The summed E-state index contributed by atoms with van der Waals surface area (Å²) in [5.74, 6) is -0.334. The van der Waals surface area contributed by atoms with Crippen molar-refractivity contribution in [2.45, 2.75) is 6.92 Å². The normalized spacial score (nSPS) is 10.2. The minimum absolute atomic E-state index is 0.334. The maximum atomic E-state index is 11.6. The third-order valence-electron chi connectivity index (χ3n) is 2.21. The van der Waals surface area contributed by atoms with Gasteiger partial charge in [-0.3, -0.25) is 0 Å². The van der Waals surface area contributed by atoms with Gasteiger partial charge in [-0.15, -0.1) is 0 Å². The number of para-hydroxylation sites is 1. The Labute approximate surface area is 113 Å². The van der Waals surface area contributed by atoms with Gasteiger partial charge in [-0.25, -0.2) is 9.48 Å². The Morgan fingerprint density at radius 3 is 2.76 bits per heavy atom. The van der Waals surface area contributed by atoms with E-state index in [1.807, 2.05) is 30.3 Å². The lowest BCUT2D eigenvalue weighted by molar-refractivity contribution is 0.0525. The molecule has 0 bridgehead atoms. The number of aromatic nitrogens is 2. The first kappa shape index (κ1) is 12.1. The predicted molar refractivity (Wildman–Crippen MR) is 72.2 cm³/mol. The maximum absolute atomic E-state index is 11.6. The van der Waals surface area contributed by atoms with Crippen molar-refractivity contribution in [1.29, 1.82) is 0 Å². The van der Waals surface area contributed by atoms with Gasteiger partial charge in [0.2, 0.25) is 0 Å². The summed E-state index contributed by atoms with van der Waals surface area (Å²) in [4.78, 5) is 11.6. The molecule has 0 radical (unpaired) electrons. The Bertz CT molecular complexity index is 523. The second-order valence-corrected chi connectivity index (χ2v) is 4.34. The highest BCUT2D eigenvalue weighted by Crippen LogP contribution is 2.17. The van der Waals surface area contributed by atoms with Crippen molar-refractivity contribution in [2.75, 3.05) is 6.61 Å². The van der Waals surface area contributed by atoms with Gasteiger partial charge in [-0.2, -0.15) is 5.10 Å². The standard InChI is InChI=1S/C12H11IN2O2/c1-2-17-12(16)10-8-14-15(11(10)13)9-6-4-3-5-7-9/h3-8H,2H2,1H3. The number of hydrogen-bond acceptors (Lipinski definition) is 3. The first-order valence-electron chi connectivity index (χ1n) is 5.20. The van der Waals surface area contributed by atoms with Crippen LogP contribution in [0.5, 0.6) is 0 Å². The zero-order chi connectivity index (χ0) is 12.3. The van der Waals surface area contributed by atoms with E-state index in [4.69, 9.17) is 4.74 Å². The van der Waals surface area contributed by atoms with Gasteiger partial charge in [-0.05, 0) is 41.6 Å². The molecule has 0 unspecified atom stereocenters. The number of hydrogen-bond donors (Lipinski definition) is 0. The van der Waals surface area contributed by atoms with Crippen LogP contribution in [-0.2, 0) is 4.74 Å². The smallest absolute Gasteiger partial charge is 0.342 e. The average molecular weight is 342 g/mol. The van der Waals surface area contributed by atoms with Gasteiger partial charge in [0.05, 0.1) is 18.5 Å². The summed E-state index contributed by atoms with van der Waals surface area (Å²) in [6.45, 7) is 2.15. The van der Waals surface area contributed by atoms with E-state index in [-0.39, 0.29) is 5.97 Å². The van der Waals surface area contributed by atoms with E-state index in [1.165, 1.54) is 6.20 Å². The summed E-state index contributed by atoms with van der Waals surface area (Å²) in [5, 5.41) is 4.20. The predicted octanol–water partition coefficient (Wildman–Crippen LogP) is 2.65. The van der Waals surface area contributed by atoms with Gasteiger partial charge in [0.1, 0.15) is 9.26 Å². The van der Waals surface area contributed by atoms with Crippen LogP contribution in [0.25, 0.3) is 5.69 Å². The molecule has 88 valence electrons. The molecule has 0 atom stereocenters. The van der Waals surface area contributed by atoms with Crippen molar-refractivity contribution >= 4 is 28.6 Å². The lowest BCUT2D eigenvalue weighted by Gasteiger charge is -2.03. The summed E-state index contributed by atoms with van der Waals surface area (Å²) >= 11 is 2.09. The van der Waals surface area contributed by atoms with Gasteiger partial charge in [0.15, 0.2) is 0 Å². The molecule has 1 aromatic carbocycles. The molecule has 0 fully saturated rings. The van der Waals surface area contributed by atoms with Crippen LogP contribution in [0.1, 0.15) is 17.3 Å². The zero-order valence-corrected chi connectivity index (χ0v) is 11.4. The molecule has 0 N–H and O–H groups in total. The highest BCUT2D eigenvalue weighted by atomic mass is 127. The molecule has 0 spiro atoms. The second-order valence-electron chi connectivity index (χ2n) is 3.32. The first-order valence-corrected chi connectivity index (χ1v) is 6.28. The fraction of sp³-hybridized carbons (Fsp3) is 0.167. The number of benzene rings is 1. The van der Waals surface area contributed by atoms with Crippen LogP contribution >= 0.6 is 22.6 Å². The maximum Gasteiger partial charge on any atom is 0.342 e. The Balaban J connectivity index is 2.37. The van der Waals surface area contributed by atoms with Crippen LogP contribution in [0.2, 0.25) is 0 Å². The molecule has 2 rings (SSSR count). The van der Waals surface area contributed by atoms with Gasteiger partial charge in [-0.1, -0.05) is 18.2 Å². The molecule has 4 nitrogen and oxygen atoms in total. The van der Waals surface area contributed by atoms with Crippen LogP contribution in [0, 0.1) is 3.70 Å². The number of esters is 1. The van der Waals surface area contributed by atoms with Gasteiger partial charge < -0.3 is 4.74 Å². The molecule has 0 aliphatic heterocycles. The molecular weight excluding hydrogens is 331 g/mol. The zero-order valence-electron chi connectivity index (χ0n) is 9.26. The minimum Gasteiger partial charge on any atom is -0.462 e. The Morgan fingerprint density at radius 2 is 2.12 bits per heavy atom. The molecular formula is C12H11IN2O2. The van der Waals surface area contributed by atoms with E-state index >= 15 is 0 Å². The van der Waals surface area contributed by atoms with Crippen molar-refractivity contribution < 1.29 is 9.53 Å². The lowest BCUT2D eigenvalue weighted by Crippen LogP contribution is -2.06. The average Bonchev–Trinajstić information content (AvgIpc) is 2.72. The van der Waals surface area contributed by atoms with Gasteiger partial charge in [0, 0.05) is 0 Å². The second kappa shape index (κ2) is 5.31. The van der Waals surface area contributed by atoms with Gasteiger partial charge >= 0.3 is 5.97 Å². The SMILES string of the molecule is CCOC(=O)c1cnn(-c2ccccc2)c1I. The highest BCUT2D eigenvalue weighted by Gasteiger charge is 2.16. The molecule has 0 amide bonds. The summed E-state index contributed by atoms with van der Waals surface area (Å²) in [5.41, 5.74) is 1.42. The minimum atomic E-state index is -0.334. The molecule has 2 aromatic rings. The number of carbonyl (C=O) groups is 1. The topological polar surface area (TPSA) is 44.1 Å². The number of halogens is 1. The Morgan fingerprint density at radius 1 is 1.41 bits per heavy atom. The first-order chi connectivity index (χ1) is 8.24. The third-order valence-corrected chi connectivity index (χ3v) is 3.24. The fourth-order valence-electron chi connectivity index (χ4n) is 1.43. The van der Waals surface area contributed by atoms with Crippen LogP contribution in [-0.4, -0.2) is 22.4 Å². The molecule has 1 heterocycles. The number of rotatable bonds is 3. The molecule has 0 saturated carbocycles. The van der Waals surface area contributed by atoms with E-state index in [9.17, 15) is 4.79 Å². The Kier molecular flexibility index (Phi) is 3.78. The number of nitrogens with zero attached hydrogens (tertiary/aromatic N) is 2. The van der Waals surface area contributed by atoms with Crippen molar-refractivity contribution in [3.05, 3.63) is 45.8 Å².